The molecule has 2 aromatic heterocycles. The zero-order valence-corrected chi connectivity index (χ0v) is 12.9. The van der Waals surface area contributed by atoms with Gasteiger partial charge in [0.25, 0.3) is 0 Å². The van der Waals surface area contributed by atoms with Gasteiger partial charge in [-0.25, -0.2) is 14.2 Å². The van der Waals surface area contributed by atoms with Gasteiger partial charge in [-0.15, -0.1) is 0 Å². The predicted molar refractivity (Wildman–Crippen MR) is 83.6 cm³/mol. The number of hydrogen-bond donors (Lipinski definition) is 1. The molecule has 0 saturated heterocycles. The van der Waals surface area contributed by atoms with Crippen molar-refractivity contribution in [3.8, 4) is 11.3 Å². The van der Waals surface area contributed by atoms with Crippen molar-refractivity contribution in [2.75, 3.05) is 7.11 Å². The van der Waals surface area contributed by atoms with Crippen molar-refractivity contribution in [3.05, 3.63) is 52.6 Å². The summed E-state index contributed by atoms with van der Waals surface area (Å²) in [7, 11) is 1.17. The maximum absolute atomic E-state index is 13.7. The topological polar surface area (TPSA) is 78.3 Å². The summed E-state index contributed by atoms with van der Waals surface area (Å²) in [5.74, 6) is -0.992. The lowest BCUT2D eigenvalue weighted by molar-refractivity contribution is 0.0588. The van der Waals surface area contributed by atoms with Crippen molar-refractivity contribution >= 4 is 28.5 Å². The molecule has 2 heterocycles. The van der Waals surface area contributed by atoms with Crippen LogP contribution in [0.2, 0.25) is 5.02 Å². The molecule has 0 saturated carbocycles. The third-order valence-corrected chi connectivity index (χ3v) is 3.62. The summed E-state index contributed by atoms with van der Waals surface area (Å²) in [6.07, 6.45) is 0. The number of pyridine rings is 1. The van der Waals surface area contributed by atoms with Crippen molar-refractivity contribution in [2.45, 2.75) is 6.54 Å². The zero-order valence-electron chi connectivity index (χ0n) is 12.1. The standard InChI is InChI=1S/C16H12ClFN2O3/c1-22-16(21)14-12(18)2-3-13(20-14)8-4-9-5-10(7-19)23-15(9)11(17)6-8/h2-6H,7,19H2,1H3. The number of fused-ring (bicyclic) bond motifs is 1. The van der Waals surface area contributed by atoms with Crippen LogP contribution in [0.4, 0.5) is 4.39 Å². The van der Waals surface area contributed by atoms with Crippen LogP contribution in [0.3, 0.4) is 0 Å². The van der Waals surface area contributed by atoms with Crippen molar-refractivity contribution in [2.24, 2.45) is 5.73 Å². The van der Waals surface area contributed by atoms with E-state index in [9.17, 15) is 9.18 Å². The van der Waals surface area contributed by atoms with E-state index in [2.05, 4.69) is 9.72 Å². The van der Waals surface area contributed by atoms with Crippen LogP contribution in [0.15, 0.2) is 34.7 Å². The summed E-state index contributed by atoms with van der Waals surface area (Å²) in [6.45, 7) is 0.252. The highest BCUT2D eigenvalue weighted by molar-refractivity contribution is 6.35. The van der Waals surface area contributed by atoms with Crippen LogP contribution >= 0.6 is 11.6 Å². The van der Waals surface area contributed by atoms with E-state index >= 15 is 0 Å². The Hall–Kier alpha value is -2.44. The van der Waals surface area contributed by atoms with Gasteiger partial charge in [0.15, 0.2) is 17.1 Å². The Kier molecular flexibility index (Phi) is 4.02. The van der Waals surface area contributed by atoms with Crippen LogP contribution < -0.4 is 5.73 Å². The summed E-state index contributed by atoms with van der Waals surface area (Å²) < 4.78 is 23.7. The summed E-state index contributed by atoms with van der Waals surface area (Å²) in [5.41, 5.74) is 6.71. The average Bonchev–Trinajstić information content (AvgIpc) is 2.98. The maximum Gasteiger partial charge on any atom is 0.359 e. The number of carbonyl (C=O) groups is 1. The number of nitrogens with two attached hydrogens (primary N) is 1. The Morgan fingerprint density at radius 3 is 2.87 bits per heavy atom. The Bertz CT molecular complexity index is 908. The van der Waals surface area contributed by atoms with Crippen LogP contribution in [-0.2, 0) is 11.3 Å². The highest BCUT2D eigenvalue weighted by atomic mass is 35.5. The van der Waals surface area contributed by atoms with Crippen LogP contribution in [-0.4, -0.2) is 18.1 Å². The molecule has 0 bridgehead atoms. The van der Waals surface area contributed by atoms with Crippen LogP contribution in [0.5, 0.6) is 0 Å². The fourth-order valence-corrected chi connectivity index (χ4v) is 2.52. The fraction of sp³-hybridized carbons (Fsp3) is 0.125. The molecule has 0 aliphatic heterocycles. The Morgan fingerprint density at radius 2 is 2.17 bits per heavy atom. The molecular weight excluding hydrogens is 323 g/mol. The van der Waals surface area contributed by atoms with E-state index in [0.717, 1.165) is 11.5 Å². The Morgan fingerprint density at radius 1 is 1.39 bits per heavy atom. The number of aromatic nitrogens is 1. The number of carbonyl (C=O) groups excluding carboxylic acids is 1. The minimum absolute atomic E-state index is 0.252. The lowest BCUT2D eigenvalue weighted by atomic mass is 10.1. The summed E-state index contributed by atoms with van der Waals surface area (Å²) in [5, 5.41) is 1.13. The van der Waals surface area contributed by atoms with Crippen molar-refractivity contribution < 1.29 is 18.3 Å². The predicted octanol–water partition coefficient (Wildman–Crippen LogP) is 3.53. The fourth-order valence-electron chi connectivity index (χ4n) is 2.25. The highest BCUT2D eigenvalue weighted by Crippen LogP contribution is 2.32. The summed E-state index contributed by atoms with van der Waals surface area (Å²) >= 11 is 6.22. The Balaban J connectivity index is 2.14. The first-order valence-corrected chi connectivity index (χ1v) is 7.08. The van der Waals surface area contributed by atoms with E-state index in [4.69, 9.17) is 21.8 Å². The van der Waals surface area contributed by atoms with Gasteiger partial charge in [0.2, 0.25) is 0 Å². The molecule has 0 spiro atoms. The molecule has 3 rings (SSSR count). The number of esters is 1. The maximum atomic E-state index is 13.7. The van der Waals surface area contributed by atoms with Crippen LogP contribution in [0, 0.1) is 5.82 Å². The SMILES string of the molecule is COC(=O)c1nc(-c2cc(Cl)c3oc(CN)cc3c2)ccc1F. The van der Waals surface area contributed by atoms with Gasteiger partial charge in [-0.05, 0) is 30.3 Å². The number of ether oxygens (including phenoxy) is 1. The minimum atomic E-state index is -0.842. The monoisotopic (exact) mass is 334 g/mol. The average molecular weight is 335 g/mol. The molecule has 0 aliphatic rings. The van der Waals surface area contributed by atoms with Crippen molar-refractivity contribution in [1.82, 2.24) is 4.98 Å². The molecule has 5 nitrogen and oxygen atoms in total. The van der Waals surface area contributed by atoms with Gasteiger partial charge >= 0.3 is 5.97 Å². The van der Waals surface area contributed by atoms with Crippen LogP contribution in [0.1, 0.15) is 16.2 Å². The first-order valence-electron chi connectivity index (χ1n) is 6.70. The molecule has 0 amide bonds. The quantitative estimate of drug-likeness (QED) is 0.741. The van der Waals surface area contributed by atoms with Gasteiger partial charge in [0, 0.05) is 10.9 Å². The van der Waals surface area contributed by atoms with Crippen molar-refractivity contribution in [1.29, 1.82) is 0 Å². The van der Waals surface area contributed by atoms with Gasteiger partial charge in [-0.1, -0.05) is 11.6 Å². The lowest BCUT2D eigenvalue weighted by Crippen LogP contribution is -2.08. The number of rotatable bonds is 3. The van der Waals surface area contributed by atoms with Gasteiger partial charge in [-0.2, -0.15) is 0 Å². The molecule has 0 fully saturated rings. The second kappa shape index (κ2) is 5.98. The molecule has 118 valence electrons. The van der Waals surface area contributed by atoms with Gasteiger partial charge in [0.1, 0.15) is 5.76 Å². The summed E-state index contributed by atoms with van der Waals surface area (Å²) in [6, 6.07) is 7.81. The first kappa shape index (κ1) is 15.5. The summed E-state index contributed by atoms with van der Waals surface area (Å²) in [4.78, 5) is 15.6. The number of methoxy groups -OCH3 is 1. The van der Waals surface area contributed by atoms with Gasteiger partial charge in [-0.3, -0.25) is 0 Å². The number of furan rings is 1. The second-order valence-electron chi connectivity index (χ2n) is 4.81. The largest absolute Gasteiger partial charge is 0.464 e. The molecule has 0 atom stereocenters. The third kappa shape index (κ3) is 2.78. The Labute approximate surface area is 135 Å². The van der Waals surface area contributed by atoms with E-state index in [1.807, 2.05) is 0 Å². The van der Waals surface area contributed by atoms with Crippen molar-refractivity contribution in [3.63, 3.8) is 0 Å². The van der Waals surface area contributed by atoms with E-state index < -0.39 is 11.8 Å². The molecule has 7 heteroatoms. The van der Waals surface area contributed by atoms with Crippen LogP contribution in [0.25, 0.3) is 22.2 Å². The molecule has 2 N–H and O–H groups in total. The molecular formula is C16H12ClFN2O3. The molecule has 0 aliphatic carbocycles. The molecule has 23 heavy (non-hydrogen) atoms. The smallest absolute Gasteiger partial charge is 0.359 e. The lowest BCUT2D eigenvalue weighted by Gasteiger charge is -2.06. The van der Waals surface area contributed by atoms with E-state index in [-0.39, 0.29) is 12.2 Å². The van der Waals surface area contributed by atoms with E-state index in [1.165, 1.54) is 13.2 Å². The molecule has 3 aromatic rings. The first-order chi connectivity index (χ1) is 11.0. The highest BCUT2D eigenvalue weighted by Gasteiger charge is 2.17. The number of hydrogen-bond acceptors (Lipinski definition) is 5. The van der Waals surface area contributed by atoms with E-state index in [1.54, 1.807) is 18.2 Å². The molecule has 1 aromatic carbocycles. The van der Waals surface area contributed by atoms with Gasteiger partial charge < -0.3 is 14.9 Å². The van der Waals surface area contributed by atoms with Gasteiger partial charge in [0.05, 0.1) is 24.4 Å². The zero-order chi connectivity index (χ0) is 16.6. The normalized spacial score (nSPS) is 11.0. The molecule has 0 unspecified atom stereocenters. The number of benzene rings is 1. The molecule has 0 radical (unpaired) electrons. The third-order valence-electron chi connectivity index (χ3n) is 3.34. The second-order valence-corrected chi connectivity index (χ2v) is 5.22. The number of halogens is 2. The minimum Gasteiger partial charge on any atom is -0.464 e. The van der Waals surface area contributed by atoms with E-state index in [0.29, 0.717) is 27.6 Å². The number of nitrogens with zero attached hydrogens (tertiary/aromatic N) is 1.